The molecular formula is C58H66F4N4O8. The number of halogens is 4. The summed E-state index contributed by atoms with van der Waals surface area (Å²) in [5.74, 6) is -2.09. The summed E-state index contributed by atoms with van der Waals surface area (Å²) >= 11 is 0. The summed E-state index contributed by atoms with van der Waals surface area (Å²) < 4.78 is 81.6. The molecule has 394 valence electrons. The molecule has 6 N–H and O–H groups in total. The zero-order valence-electron chi connectivity index (χ0n) is 41.6. The molecule has 2 fully saturated rings. The van der Waals surface area contributed by atoms with Crippen LogP contribution in [0.15, 0.2) is 109 Å². The summed E-state index contributed by atoms with van der Waals surface area (Å²) in [5.41, 5.74) is 3.92. The largest absolute Gasteiger partial charge is 0.497 e. The van der Waals surface area contributed by atoms with E-state index in [9.17, 15) is 38.0 Å². The molecule has 10 atom stereocenters. The van der Waals surface area contributed by atoms with Gasteiger partial charge < -0.3 is 50.0 Å². The molecule has 0 spiro atoms. The Balaban J connectivity index is 1.02. The number of fused-ring (bicyclic) bond motifs is 2. The highest BCUT2D eigenvalue weighted by molar-refractivity contribution is 5.84. The van der Waals surface area contributed by atoms with Crippen molar-refractivity contribution in [3.8, 4) is 11.5 Å². The SMILES string of the molecule is COc1ccc2nccc(CC[C@@H]3CC[C@@H](NC/C=C/c4cc(F)ccc4F)[C@@H](C(C(O)CO)C(O)[C@@H](O)C[C@H]4O[C@H](CCc5ccnc6ccc(OC)cc56)CC[C@H]4NC/C=C/c4cc(F)ccc4F)O3)c2c1. The van der Waals surface area contributed by atoms with Crippen molar-refractivity contribution in [2.45, 2.75) is 113 Å². The van der Waals surface area contributed by atoms with E-state index in [0.29, 0.717) is 62.9 Å². The van der Waals surface area contributed by atoms with E-state index in [-0.39, 0.29) is 48.9 Å². The zero-order valence-corrected chi connectivity index (χ0v) is 41.6. The molecule has 2 aromatic heterocycles. The van der Waals surface area contributed by atoms with Crippen LogP contribution < -0.4 is 20.1 Å². The molecule has 2 aliphatic rings. The molecule has 0 bridgehead atoms. The van der Waals surface area contributed by atoms with Crippen LogP contribution >= 0.6 is 0 Å². The summed E-state index contributed by atoms with van der Waals surface area (Å²) in [5, 5.41) is 55.5. The van der Waals surface area contributed by atoms with E-state index >= 15 is 0 Å². The minimum atomic E-state index is -1.63. The van der Waals surface area contributed by atoms with Crippen molar-refractivity contribution in [2.24, 2.45) is 5.92 Å². The number of rotatable bonds is 23. The Bertz CT molecular complexity index is 2860. The fraction of sp³-hybridized carbons (Fsp3) is 0.414. The molecule has 74 heavy (non-hydrogen) atoms. The topological polar surface area (TPSA) is 168 Å². The molecule has 2 saturated heterocycles. The molecule has 3 unspecified atom stereocenters. The quantitative estimate of drug-likeness (QED) is 0.0340. The second kappa shape index (κ2) is 26.1. The lowest BCUT2D eigenvalue weighted by atomic mass is 9.79. The number of nitrogens with one attached hydrogen (secondary N) is 2. The predicted octanol–water partition coefficient (Wildman–Crippen LogP) is 8.44. The molecule has 0 radical (unpaired) electrons. The molecule has 2 aliphatic heterocycles. The summed E-state index contributed by atoms with van der Waals surface area (Å²) in [4.78, 5) is 9.04. The first-order valence-corrected chi connectivity index (χ1v) is 25.4. The average molecular weight is 1020 g/mol. The van der Waals surface area contributed by atoms with E-state index in [2.05, 4.69) is 20.6 Å². The fourth-order valence-corrected chi connectivity index (χ4v) is 10.5. The molecule has 0 amide bonds. The second-order valence-corrected chi connectivity index (χ2v) is 19.2. The summed E-state index contributed by atoms with van der Waals surface area (Å²) in [6.45, 7) is -0.298. The Morgan fingerprint density at radius 1 is 0.635 bits per heavy atom. The van der Waals surface area contributed by atoms with Crippen LogP contribution in [-0.4, -0.2) is 119 Å². The third kappa shape index (κ3) is 13.9. The van der Waals surface area contributed by atoms with Crippen LogP contribution in [0.1, 0.15) is 67.2 Å². The zero-order chi connectivity index (χ0) is 52.1. The normalized spacial score (nSPS) is 22.1. The van der Waals surface area contributed by atoms with E-state index in [0.717, 1.165) is 69.3 Å². The molecule has 0 aliphatic carbocycles. The van der Waals surface area contributed by atoms with Gasteiger partial charge >= 0.3 is 0 Å². The van der Waals surface area contributed by atoms with Crippen LogP contribution in [0, 0.1) is 29.2 Å². The van der Waals surface area contributed by atoms with Gasteiger partial charge in [-0.3, -0.25) is 9.97 Å². The van der Waals surface area contributed by atoms with Crippen LogP contribution in [-0.2, 0) is 22.3 Å². The molecular weight excluding hydrogens is 957 g/mol. The monoisotopic (exact) mass is 1020 g/mol. The van der Waals surface area contributed by atoms with E-state index in [4.69, 9.17) is 18.9 Å². The van der Waals surface area contributed by atoms with Crippen LogP contribution in [0.25, 0.3) is 34.0 Å². The number of pyridine rings is 2. The maximum atomic E-state index is 14.5. The molecule has 4 aromatic carbocycles. The number of hydrogen-bond donors (Lipinski definition) is 6. The first-order valence-electron chi connectivity index (χ1n) is 25.4. The highest BCUT2D eigenvalue weighted by Gasteiger charge is 2.46. The Morgan fingerprint density at radius 2 is 1.15 bits per heavy atom. The maximum absolute atomic E-state index is 14.5. The van der Waals surface area contributed by atoms with E-state index < -0.39 is 72.4 Å². The van der Waals surface area contributed by atoms with Gasteiger partial charge in [-0.1, -0.05) is 24.3 Å². The Kier molecular flexibility index (Phi) is 19.2. The fourth-order valence-electron chi connectivity index (χ4n) is 10.5. The first-order chi connectivity index (χ1) is 35.9. The number of aryl methyl sites for hydroxylation is 2. The van der Waals surface area contributed by atoms with Gasteiger partial charge in [0.05, 0.1) is 74.6 Å². The smallest absolute Gasteiger partial charge is 0.130 e. The number of methoxy groups -OCH3 is 2. The number of hydrogen-bond acceptors (Lipinski definition) is 12. The molecule has 0 saturated carbocycles. The standard InChI is InChI=1S/C58H66F4N4O8/c1-71-43-15-19-49-45(31-43)35(23-27-65-49)7-11-41-13-21-51(63-25-3-5-37-29-39(59)9-17-47(37)61)55(73-41)33-53(68)57(70)56(54(69)34-67)58-52(64-26-4-6-38-30-40(60)10-18-48(38)62)22-14-42(74-58)12-8-36-24-28-66-50-20-16-44(72-2)32-46(36)50/h3-6,9-10,15-20,23-24,27-32,41-42,51-58,63-64,67-70H,7-8,11-14,21-22,25-26,33-34H2,1-2H3/b5-3+,6-4+/t41-,42-,51-,52-,53+,54?,55-,56?,57?,58+/m1/s1. The van der Waals surface area contributed by atoms with Gasteiger partial charge in [0.1, 0.15) is 34.8 Å². The van der Waals surface area contributed by atoms with Crippen LogP contribution in [0.5, 0.6) is 11.5 Å². The second-order valence-electron chi connectivity index (χ2n) is 19.2. The minimum absolute atomic E-state index is 0.0692. The lowest BCUT2D eigenvalue weighted by Crippen LogP contribution is -2.59. The van der Waals surface area contributed by atoms with Gasteiger partial charge in [-0.15, -0.1) is 0 Å². The minimum Gasteiger partial charge on any atom is -0.497 e. The third-order valence-electron chi connectivity index (χ3n) is 14.5. The van der Waals surface area contributed by atoms with Crippen molar-refractivity contribution >= 4 is 34.0 Å². The Hall–Kier alpha value is -5.82. The van der Waals surface area contributed by atoms with Crippen molar-refractivity contribution in [1.82, 2.24) is 20.6 Å². The predicted molar refractivity (Wildman–Crippen MR) is 277 cm³/mol. The molecule has 4 heterocycles. The Morgan fingerprint density at radius 3 is 1.68 bits per heavy atom. The third-order valence-corrected chi connectivity index (χ3v) is 14.5. The van der Waals surface area contributed by atoms with Crippen molar-refractivity contribution in [1.29, 1.82) is 0 Å². The molecule has 8 rings (SSSR count). The number of aromatic nitrogens is 2. The maximum Gasteiger partial charge on any atom is 0.130 e. The molecule has 12 nitrogen and oxygen atoms in total. The van der Waals surface area contributed by atoms with Crippen molar-refractivity contribution in [3.63, 3.8) is 0 Å². The summed E-state index contributed by atoms with van der Waals surface area (Å²) in [7, 11) is 3.22. The average Bonchev–Trinajstić information content (AvgIpc) is 3.42. The lowest BCUT2D eigenvalue weighted by molar-refractivity contribution is -0.176. The van der Waals surface area contributed by atoms with Gasteiger partial charge in [0.2, 0.25) is 0 Å². The van der Waals surface area contributed by atoms with Crippen LogP contribution in [0.4, 0.5) is 17.6 Å². The van der Waals surface area contributed by atoms with E-state index in [1.807, 2.05) is 48.5 Å². The number of ether oxygens (including phenoxy) is 4. The molecule has 6 aromatic rings. The van der Waals surface area contributed by atoms with Crippen molar-refractivity contribution in [2.75, 3.05) is 33.9 Å². The lowest BCUT2D eigenvalue weighted by Gasteiger charge is -2.45. The van der Waals surface area contributed by atoms with Gasteiger partial charge in [-0.2, -0.15) is 0 Å². The van der Waals surface area contributed by atoms with Gasteiger partial charge in [0.15, 0.2) is 0 Å². The van der Waals surface area contributed by atoms with Crippen LogP contribution in [0.2, 0.25) is 0 Å². The summed E-state index contributed by atoms with van der Waals surface area (Å²) in [6.07, 6.45) is 7.78. The van der Waals surface area contributed by atoms with Crippen molar-refractivity contribution in [3.05, 3.63) is 155 Å². The Labute approximate surface area is 429 Å². The van der Waals surface area contributed by atoms with Gasteiger partial charge in [0, 0.05) is 71.8 Å². The first kappa shape index (κ1) is 54.4. The summed E-state index contributed by atoms with van der Waals surface area (Å²) in [6, 6.07) is 21.0. The van der Waals surface area contributed by atoms with Crippen LogP contribution in [0.3, 0.4) is 0 Å². The highest BCUT2D eigenvalue weighted by atomic mass is 19.1. The number of aliphatic hydroxyl groups excluding tert-OH is 4. The van der Waals surface area contributed by atoms with Gasteiger partial charge in [-0.25, -0.2) is 17.6 Å². The number of benzene rings is 4. The van der Waals surface area contributed by atoms with Gasteiger partial charge in [0.25, 0.3) is 0 Å². The highest BCUT2D eigenvalue weighted by Crippen LogP contribution is 2.35. The van der Waals surface area contributed by atoms with Gasteiger partial charge in [-0.05, 0) is 147 Å². The van der Waals surface area contributed by atoms with Crippen molar-refractivity contribution < 1.29 is 56.9 Å². The number of aliphatic hydroxyl groups is 4. The molecule has 16 heteroatoms. The van der Waals surface area contributed by atoms with E-state index in [1.165, 1.54) is 12.2 Å². The van der Waals surface area contributed by atoms with E-state index in [1.54, 1.807) is 38.8 Å². The number of nitrogens with zero attached hydrogens (tertiary/aromatic N) is 2.